The number of aromatic nitrogens is 5. The van der Waals surface area contributed by atoms with Crippen LogP contribution in [0.3, 0.4) is 0 Å². The zero-order valence-corrected chi connectivity index (χ0v) is 34.3. The van der Waals surface area contributed by atoms with Crippen LogP contribution in [-0.2, 0) is 28.2 Å². The average Bonchev–Trinajstić information content (AvgIpc) is 3.75. The number of carbonyl (C=O) groups is 2. The minimum atomic E-state index is -0.988. The van der Waals surface area contributed by atoms with Crippen molar-refractivity contribution in [2.75, 3.05) is 47.8 Å². The highest BCUT2D eigenvalue weighted by Gasteiger charge is 2.37. The lowest BCUT2D eigenvalue weighted by atomic mass is 9.89. The van der Waals surface area contributed by atoms with E-state index in [1.807, 2.05) is 43.3 Å². The van der Waals surface area contributed by atoms with Crippen molar-refractivity contribution in [1.29, 1.82) is 0 Å². The summed E-state index contributed by atoms with van der Waals surface area (Å²) in [4.78, 5) is 56.5. The van der Waals surface area contributed by atoms with Crippen LogP contribution in [-0.4, -0.2) is 80.0 Å². The number of allylic oxidation sites excluding steroid dienone is 1. The second kappa shape index (κ2) is 16.7. The Hall–Kier alpha value is -5.86. The zero-order valence-electron chi connectivity index (χ0n) is 34.3. The maximum atomic E-state index is 13.5. The number of hydrogen-bond donors (Lipinski definition) is 4. The summed E-state index contributed by atoms with van der Waals surface area (Å²) in [6.45, 7) is 11.1. The van der Waals surface area contributed by atoms with Gasteiger partial charge in [-0.15, -0.1) is 6.58 Å². The van der Waals surface area contributed by atoms with Crippen molar-refractivity contribution >= 4 is 45.9 Å². The summed E-state index contributed by atoms with van der Waals surface area (Å²) in [5, 5.41) is 21.3. The lowest BCUT2D eigenvalue weighted by molar-refractivity contribution is -0.133. The first-order valence-electron chi connectivity index (χ1n) is 21.5. The average molecular weight is 811 g/mol. The molecule has 2 amide bonds. The smallest absolute Gasteiger partial charge is 0.278 e. The summed E-state index contributed by atoms with van der Waals surface area (Å²) in [7, 11) is 0. The van der Waals surface area contributed by atoms with Gasteiger partial charge in [-0.05, 0) is 111 Å². The van der Waals surface area contributed by atoms with Crippen LogP contribution < -0.4 is 31.3 Å². The van der Waals surface area contributed by atoms with Crippen molar-refractivity contribution in [3.8, 4) is 5.82 Å². The number of anilines is 4. The van der Waals surface area contributed by atoms with E-state index < -0.39 is 5.60 Å². The van der Waals surface area contributed by atoms with E-state index in [4.69, 9.17) is 9.97 Å². The molecule has 6 heterocycles. The van der Waals surface area contributed by atoms with E-state index in [1.54, 1.807) is 21.6 Å². The van der Waals surface area contributed by atoms with Crippen molar-refractivity contribution in [3.05, 3.63) is 107 Å². The van der Waals surface area contributed by atoms with Crippen LogP contribution in [0.5, 0.6) is 0 Å². The first-order chi connectivity index (χ1) is 29.2. The van der Waals surface area contributed by atoms with Gasteiger partial charge in [0, 0.05) is 74.2 Å². The second-order valence-corrected chi connectivity index (χ2v) is 16.9. The van der Waals surface area contributed by atoms with Gasteiger partial charge in [0.25, 0.3) is 5.56 Å². The fourth-order valence-electron chi connectivity index (χ4n) is 9.56. The van der Waals surface area contributed by atoms with Crippen molar-refractivity contribution < 1.29 is 14.7 Å². The van der Waals surface area contributed by atoms with E-state index in [2.05, 4.69) is 61.6 Å². The fraction of sp³-hybridized carbons (Fsp3) is 0.435. The van der Waals surface area contributed by atoms with E-state index in [9.17, 15) is 19.5 Å². The van der Waals surface area contributed by atoms with Gasteiger partial charge in [-0.25, -0.2) is 19.3 Å². The standard InChI is InChI=1S/C46H54N10O4/c1-3-20-55-44(59)38-29-48-45(52-43(38)56(55)39-13-8-31-14-19-46(60,4-2)42(31)50-39)49-35-9-11-36(12-10-35)53-21-15-30(16-22-53)28-47-34-17-23-54(24-18-34)37-7-5-6-32(25-37)33-26-40(57)51-41(58)27-33/h3,5-13,25,29-30,33-34,47,60H,1,4,14-24,26-28H2,2H3,(H,48,49,52)(H,51,57,58)/t46-/m1/s1. The number of aliphatic hydroxyl groups is 1. The highest BCUT2D eigenvalue weighted by atomic mass is 16.3. The molecule has 60 heavy (non-hydrogen) atoms. The fourth-order valence-corrected chi connectivity index (χ4v) is 9.56. The van der Waals surface area contributed by atoms with Crippen LogP contribution in [0.15, 0.2) is 84.3 Å². The van der Waals surface area contributed by atoms with Crippen molar-refractivity contribution in [2.45, 2.75) is 88.8 Å². The molecular weight excluding hydrogens is 757 g/mol. The second-order valence-electron chi connectivity index (χ2n) is 16.9. The molecule has 4 aliphatic rings. The minimum Gasteiger partial charge on any atom is -0.384 e. The molecule has 0 radical (unpaired) electrons. The lowest BCUT2D eigenvalue weighted by Crippen LogP contribution is -2.45. The molecule has 2 aromatic carbocycles. The van der Waals surface area contributed by atoms with E-state index in [-0.39, 0.29) is 29.8 Å². The highest BCUT2D eigenvalue weighted by Crippen LogP contribution is 2.39. The molecule has 3 saturated heterocycles. The summed E-state index contributed by atoms with van der Waals surface area (Å²) in [5.74, 6) is 1.10. The van der Waals surface area contributed by atoms with Crippen LogP contribution in [0.4, 0.5) is 23.0 Å². The molecule has 1 atom stereocenters. The Balaban J connectivity index is 0.780. The maximum Gasteiger partial charge on any atom is 0.278 e. The molecule has 0 spiro atoms. The maximum absolute atomic E-state index is 13.5. The molecule has 3 aromatic heterocycles. The molecule has 0 bridgehead atoms. The lowest BCUT2D eigenvalue weighted by Gasteiger charge is -2.37. The monoisotopic (exact) mass is 810 g/mol. The summed E-state index contributed by atoms with van der Waals surface area (Å²) < 4.78 is 3.26. The topological polar surface area (TPSA) is 163 Å². The molecule has 312 valence electrons. The van der Waals surface area contributed by atoms with Crippen molar-refractivity contribution in [1.82, 2.24) is 34.9 Å². The Bertz CT molecular complexity index is 2450. The number of rotatable bonds is 12. The van der Waals surface area contributed by atoms with E-state index in [0.717, 1.165) is 81.6 Å². The van der Waals surface area contributed by atoms with Crippen LogP contribution >= 0.6 is 0 Å². The van der Waals surface area contributed by atoms with Crippen LogP contribution in [0, 0.1) is 5.92 Å². The molecule has 0 saturated carbocycles. The number of benzene rings is 2. The van der Waals surface area contributed by atoms with Gasteiger partial charge in [0.2, 0.25) is 17.8 Å². The van der Waals surface area contributed by atoms with Gasteiger partial charge in [-0.3, -0.25) is 19.7 Å². The molecule has 0 unspecified atom stereocenters. The summed E-state index contributed by atoms with van der Waals surface area (Å²) in [6.07, 6.45) is 10.4. The molecular formula is C46H54N10O4. The molecule has 14 nitrogen and oxygen atoms in total. The van der Waals surface area contributed by atoms with Gasteiger partial charge in [0.15, 0.2) is 11.5 Å². The van der Waals surface area contributed by atoms with Crippen molar-refractivity contribution in [3.63, 3.8) is 0 Å². The molecule has 9 rings (SSSR count). The van der Waals surface area contributed by atoms with Gasteiger partial charge in [0.05, 0.1) is 12.2 Å². The van der Waals surface area contributed by atoms with E-state index >= 15 is 0 Å². The van der Waals surface area contributed by atoms with Gasteiger partial charge in [-0.1, -0.05) is 31.2 Å². The van der Waals surface area contributed by atoms with Gasteiger partial charge < -0.3 is 25.5 Å². The summed E-state index contributed by atoms with van der Waals surface area (Å²) in [6, 6.07) is 21.1. The predicted molar refractivity (Wildman–Crippen MR) is 233 cm³/mol. The number of carbonyl (C=O) groups excluding carboxylic acids is 2. The number of aryl methyl sites for hydroxylation is 1. The third kappa shape index (κ3) is 7.93. The normalized spacial score (nSPS) is 20.4. The minimum absolute atomic E-state index is 0.0482. The quantitative estimate of drug-likeness (QED) is 0.0938. The third-order valence-corrected chi connectivity index (χ3v) is 13.1. The van der Waals surface area contributed by atoms with Crippen LogP contribution in [0.25, 0.3) is 16.9 Å². The number of nitrogens with zero attached hydrogens (tertiary/aromatic N) is 7. The number of piperidine rings is 3. The summed E-state index contributed by atoms with van der Waals surface area (Å²) in [5.41, 5.74) is 5.17. The number of pyridine rings is 1. The molecule has 3 fully saturated rings. The number of fused-ring (bicyclic) bond motifs is 2. The highest BCUT2D eigenvalue weighted by molar-refractivity contribution is 5.98. The van der Waals surface area contributed by atoms with Gasteiger partial charge in [-0.2, -0.15) is 4.98 Å². The van der Waals surface area contributed by atoms with Crippen molar-refractivity contribution in [2.24, 2.45) is 5.92 Å². The first-order valence-corrected chi connectivity index (χ1v) is 21.5. The Kier molecular flexibility index (Phi) is 11.0. The Morgan fingerprint density at radius 2 is 1.65 bits per heavy atom. The Morgan fingerprint density at radius 3 is 2.38 bits per heavy atom. The van der Waals surface area contributed by atoms with Crippen LogP contribution in [0.2, 0.25) is 0 Å². The van der Waals surface area contributed by atoms with Gasteiger partial charge in [0.1, 0.15) is 11.0 Å². The zero-order chi connectivity index (χ0) is 41.4. The SMILES string of the molecule is C=CCn1c(=O)c2cnc(Nc3ccc(N4CCC(CNC5CCN(c6cccc(C7CC(=O)NC(=O)C7)c6)CC5)CC4)cc3)nc2n1-c1ccc2c(n1)[C@@](O)(CC)CC2. The van der Waals surface area contributed by atoms with Crippen LogP contribution in [0.1, 0.15) is 81.0 Å². The Labute approximate surface area is 349 Å². The number of hydrogen-bond acceptors (Lipinski definition) is 11. The Morgan fingerprint density at radius 1 is 0.917 bits per heavy atom. The number of nitrogens with one attached hydrogen (secondary N) is 3. The predicted octanol–water partition coefficient (Wildman–Crippen LogP) is 5.45. The molecule has 4 N–H and O–H groups in total. The number of amides is 2. The molecule has 5 aromatic rings. The van der Waals surface area contributed by atoms with E-state index in [1.165, 1.54) is 11.4 Å². The van der Waals surface area contributed by atoms with Gasteiger partial charge >= 0.3 is 0 Å². The molecule has 1 aliphatic carbocycles. The van der Waals surface area contributed by atoms with E-state index in [0.29, 0.717) is 66.1 Å². The third-order valence-electron chi connectivity index (χ3n) is 13.1. The summed E-state index contributed by atoms with van der Waals surface area (Å²) >= 11 is 0. The molecule has 14 heteroatoms. The number of imide groups is 1. The largest absolute Gasteiger partial charge is 0.384 e. The first kappa shape index (κ1) is 39.6. The molecule has 3 aliphatic heterocycles.